The fourth-order valence-electron chi connectivity index (χ4n) is 11.2. The van der Waals surface area contributed by atoms with Gasteiger partial charge in [-0.05, 0) is 101 Å². The summed E-state index contributed by atoms with van der Waals surface area (Å²) in [5, 5.41) is 10.4. The quantitative estimate of drug-likeness (QED) is 0.244. The smallest absolute Gasteiger partial charge is 0.410 e. The molecule has 1 aromatic carbocycles. The van der Waals surface area contributed by atoms with Crippen LogP contribution in [0.3, 0.4) is 0 Å². The standard InChI is InChI=1S/C37H54N2O5S/c1-33(2,3)44-32(41)39(36-20-25-18-34(4,23-36)22-35(5,19-25)24-36)14-16-45-15-13-38-12-11-37-10-9-27(40)17-29(37)43-31-28(42-6)8-7-26(21-38)30(31)37/h7-10,25,27,29,40H,11-24H2,1-6H3/t25?,27-,29-,34-,35+,36?,37-/m0/s1. The third-order valence-electron chi connectivity index (χ3n) is 11.8. The molecule has 1 aromatic rings. The molecule has 0 saturated heterocycles. The number of nitrogens with zero attached hydrogens (tertiary/aromatic N) is 2. The van der Waals surface area contributed by atoms with Crippen molar-refractivity contribution in [3.8, 4) is 11.5 Å². The number of aliphatic hydroxyl groups is 1. The molecule has 2 heterocycles. The highest BCUT2D eigenvalue weighted by molar-refractivity contribution is 7.99. The van der Waals surface area contributed by atoms with Crippen LogP contribution >= 0.6 is 11.8 Å². The van der Waals surface area contributed by atoms with Gasteiger partial charge < -0.3 is 24.2 Å². The van der Waals surface area contributed by atoms with E-state index in [0.29, 0.717) is 17.3 Å². The Hall–Kier alpha value is -1.90. The highest BCUT2D eigenvalue weighted by Gasteiger charge is 2.63. The molecule has 1 amide bonds. The van der Waals surface area contributed by atoms with E-state index in [-0.39, 0.29) is 23.2 Å². The Balaban J connectivity index is 1.02. The van der Waals surface area contributed by atoms with E-state index in [0.717, 1.165) is 80.8 Å². The molecule has 7 atom stereocenters. The molecule has 5 aliphatic carbocycles. The van der Waals surface area contributed by atoms with Gasteiger partial charge in [-0.2, -0.15) is 11.8 Å². The van der Waals surface area contributed by atoms with Gasteiger partial charge in [0.2, 0.25) is 0 Å². The molecular formula is C37H54N2O5S. The van der Waals surface area contributed by atoms with E-state index >= 15 is 0 Å². The van der Waals surface area contributed by atoms with Crippen LogP contribution in [0.4, 0.5) is 4.79 Å². The number of carbonyl (C=O) groups is 1. The van der Waals surface area contributed by atoms with E-state index < -0.39 is 11.7 Å². The van der Waals surface area contributed by atoms with Crippen molar-refractivity contribution in [2.24, 2.45) is 16.7 Å². The third kappa shape index (κ3) is 5.69. The van der Waals surface area contributed by atoms with Crippen LogP contribution in [-0.4, -0.2) is 82.6 Å². The second kappa shape index (κ2) is 11.1. The van der Waals surface area contributed by atoms with Crippen molar-refractivity contribution in [1.29, 1.82) is 0 Å². The summed E-state index contributed by atoms with van der Waals surface area (Å²) in [4.78, 5) is 18.6. The molecule has 0 aromatic heterocycles. The second-order valence-electron chi connectivity index (χ2n) is 17.1. The van der Waals surface area contributed by atoms with E-state index in [4.69, 9.17) is 14.2 Å². The first-order valence-corrected chi connectivity index (χ1v) is 18.5. The molecule has 1 spiro atoms. The number of amides is 1. The summed E-state index contributed by atoms with van der Waals surface area (Å²) < 4.78 is 18.3. The minimum absolute atomic E-state index is 0.0650. The summed E-state index contributed by atoms with van der Waals surface area (Å²) >= 11 is 1.96. The number of hydrogen-bond acceptors (Lipinski definition) is 7. The Labute approximate surface area is 274 Å². The zero-order valence-corrected chi connectivity index (χ0v) is 29.1. The Bertz CT molecular complexity index is 1340. The van der Waals surface area contributed by atoms with Crippen LogP contribution in [0, 0.1) is 16.7 Å². The van der Waals surface area contributed by atoms with Crippen molar-refractivity contribution in [2.45, 2.75) is 121 Å². The zero-order chi connectivity index (χ0) is 31.8. The minimum atomic E-state index is -0.499. The number of hydrogen-bond donors (Lipinski definition) is 1. The number of benzene rings is 1. The van der Waals surface area contributed by atoms with Crippen LogP contribution in [-0.2, 0) is 16.7 Å². The van der Waals surface area contributed by atoms with Crippen molar-refractivity contribution in [3.05, 3.63) is 35.4 Å². The van der Waals surface area contributed by atoms with Gasteiger partial charge in [0.1, 0.15) is 11.7 Å². The number of aliphatic hydroxyl groups excluding tert-OH is 1. The van der Waals surface area contributed by atoms with Gasteiger partial charge >= 0.3 is 6.09 Å². The maximum atomic E-state index is 13.8. The maximum Gasteiger partial charge on any atom is 0.410 e. The lowest BCUT2D eigenvalue weighted by molar-refractivity contribution is -0.155. The fourth-order valence-corrected chi connectivity index (χ4v) is 12.1. The van der Waals surface area contributed by atoms with Crippen molar-refractivity contribution in [1.82, 2.24) is 9.80 Å². The van der Waals surface area contributed by atoms with Crippen LogP contribution in [0.25, 0.3) is 0 Å². The van der Waals surface area contributed by atoms with Crippen LogP contribution < -0.4 is 9.47 Å². The first kappa shape index (κ1) is 31.7. The van der Waals surface area contributed by atoms with Crippen molar-refractivity contribution in [2.75, 3.05) is 38.2 Å². The monoisotopic (exact) mass is 638 g/mol. The summed E-state index contributed by atoms with van der Waals surface area (Å²) in [5.74, 6) is 4.32. The SMILES string of the molecule is COc1ccc2c3c1O[C@H]1C[C@@H](O)C=C[C@@]31CCN(CCSCCN(C(=O)OC(C)(C)C)C13CC4C[C@@](C)(C1)C[C@](C)(C4)C3)C2. The molecule has 7 nitrogen and oxygen atoms in total. The first-order chi connectivity index (χ1) is 21.2. The molecule has 4 bridgehead atoms. The van der Waals surface area contributed by atoms with Crippen molar-refractivity contribution >= 4 is 17.9 Å². The van der Waals surface area contributed by atoms with Crippen LogP contribution in [0.5, 0.6) is 11.5 Å². The maximum absolute atomic E-state index is 13.8. The van der Waals surface area contributed by atoms with E-state index in [1.165, 1.54) is 30.4 Å². The minimum Gasteiger partial charge on any atom is -0.493 e. The van der Waals surface area contributed by atoms with Crippen LogP contribution in [0.2, 0.25) is 0 Å². The predicted octanol–water partition coefficient (Wildman–Crippen LogP) is 6.94. The van der Waals surface area contributed by atoms with Crippen molar-refractivity contribution < 1.29 is 24.1 Å². The molecule has 8 rings (SSSR count). The first-order valence-electron chi connectivity index (χ1n) is 17.3. The van der Waals surface area contributed by atoms with Crippen LogP contribution in [0.15, 0.2) is 24.3 Å². The zero-order valence-electron chi connectivity index (χ0n) is 28.3. The number of methoxy groups -OCH3 is 1. The lowest BCUT2D eigenvalue weighted by Crippen LogP contribution is -2.66. The van der Waals surface area contributed by atoms with Gasteiger partial charge in [0.05, 0.1) is 18.6 Å². The molecule has 7 aliphatic rings. The Morgan fingerprint density at radius 2 is 1.89 bits per heavy atom. The summed E-state index contributed by atoms with van der Waals surface area (Å²) in [6.07, 6.45) is 12.4. The molecule has 4 fully saturated rings. The number of thioether (sulfide) groups is 1. The number of carbonyl (C=O) groups excluding carboxylic acids is 1. The molecule has 248 valence electrons. The average molecular weight is 639 g/mol. The molecular weight excluding hydrogens is 584 g/mol. The van der Waals surface area contributed by atoms with Gasteiger partial charge in [-0.15, -0.1) is 0 Å². The topological polar surface area (TPSA) is 71.5 Å². The van der Waals surface area contributed by atoms with Gasteiger partial charge in [-0.25, -0.2) is 4.79 Å². The van der Waals surface area contributed by atoms with Gasteiger partial charge in [-0.3, -0.25) is 4.90 Å². The van der Waals surface area contributed by atoms with Gasteiger partial charge in [0.15, 0.2) is 11.5 Å². The normalized spacial score (nSPS) is 37.9. The van der Waals surface area contributed by atoms with Gasteiger partial charge in [0, 0.05) is 48.7 Å². The van der Waals surface area contributed by atoms with Gasteiger partial charge in [-0.1, -0.05) is 32.1 Å². The van der Waals surface area contributed by atoms with E-state index in [2.05, 4.69) is 35.8 Å². The molecule has 4 saturated carbocycles. The molecule has 8 heteroatoms. The molecule has 2 aliphatic heterocycles. The van der Waals surface area contributed by atoms with Crippen molar-refractivity contribution in [3.63, 3.8) is 0 Å². The number of ether oxygens (including phenoxy) is 3. The lowest BCUT2D eigenvalue weighted by atomic mass is 9.42. The Morgan fingerprint density at radius 3 is 2.58 bits per heavy atom. The fraction of sp³-hybridized carbons (Fsp3) is 0.757. The highest BCUT2D eigenvalue weighted by Crippen LogP contribution is 2.68. The van der Waals surface area contributed by atoms with Crippen LogP contribution in [0.1, 0.15) is 97.1 Å². The molecule has 0 radical (unpaired) electrons. The summed E-state index contributed by atoms with van der Waals surface area (Å²) in [7, 11) is 1.70. The van der Waals surface area contributed by atoms with E-state index in [1.54, 1.807) is 7.11 Å². The molecule has 1 N–H and O–H groups in total. The van der Waals surface area contributed by atoms with E-state index in [1.807, 2.05) is 44.7 Å². The molecule has 2 unspecified atom stereocenters. The van der Waals surface area contributed by atoms with Gasteiger partial charge in [0.25, 0.3) is 0 Å². The van der Waals surface area contributed by atoms with E-state index in [9.17, 15) is 9.90 Å². The largest absolute Gasteiger partial charge is 0.493 e. The summed E-state index contributed by atoms with van der Waals surface area (Å²) in [6.45, 7) is 14.5. The predicted molar refractivity (Wildman–Crippen MR) is 179 cm³/mol. The Morgan fingerprint density at radius 1 is 1.13 bits per heavy atom. The molecule has 45 heavy (non-hydrogen) atoms. The third-order valence-corrected chi connectivity index (χ3v) is 12.8. The average Bonchev–Trinajstić information content (AvgIpc) is 3.15. The Kier molecular flexibility index (Phi) is 7.80. The highest BCUT2D eigenvalue weighted by atomic mass is 32.2. The lowest BCUT2D eigenvalue weighted by Gasteiger charge is -2.67. The summed E-state index contributed by atoms with van der Waals surface area (Å²) in [5.41, 5.74) is 2.46. The number of rotatable bonds is 8. The second-order valence-corrected chi connectivity index (χ2v) is 18.3. The summed E-state index contributed by atoms with van der Waals surface area (Å²) in [6, 6.07) is 4.24.